The van der Waals surface area contributed by atoms with E-state index in [1.54, 1.807) is 12.4 Å². The molecule has 0 N–H and O–H groups in total. The van der Waals surface area contributed by atoms with Crippen molar-refractivity contribution in [3.05, 3.63) is 199 Å². The predicted molar refractivity (Wildman–Crippen MR) is 214 cm³/mol. The molecular formula is C48H29N7. The summed E-state index contributed by atoms with van der Waals surface area (Å²) in [5, 5.41) is 0. The second-order valence-electron chi connectivity index (χ2n) is 13.7. The lowest BCUT2D eigenvalue weighted by Gasteiger charge is -2.30. The van der Waals surface area contributed by atoms with Crippen molar-refractivity contribution in [1.29, 1.82) is 0 Å². The third-order valence-corrected chi connectivity index (χ3v) is 10.8. The van der Waals surface area contributed by atoms with E-state index in [1.807, 2.05) is 73.1 Å². The molecule has 0 aliphatic heterocycles. The van der Waals surface area contributed by atoms with Crippen molar-refractivity contribution in [2.45, 2.75) is 5.41 Å². The second-order valence-corrected chi connectivity index (χ2v) is 13.7. The van der Waals surface area contributed by atoms with Gasteiger partial charge in [0.2, 0.25) is 0 Å². The monoisotopic (exact) mass is 703 g/mol. The fraction of sp³-hybridized carbons (Fsp3) is 0.0208. The summed E-state index contributed by atoms with van der Waals surface area (Å²) in [5.41, 5.74) is 15.2. The van der Waals surface area contributed by atoms with Crippen molar-refractivity contribution >= 4 is 0 Å². The van der Waals surface area contributed by atoms with Gasteiger partial charge in [0.1, 0.15) is 11.4 Å². The number of hydrogen-bond donors (Lipinski definition) is 0. The molecule has 5 aromatic heterocycles. The Morgan fingerprint density at radius 1 is 0.309 bits per heavy atom. The molecule has 5 heterocycles. The maximum Gasteiger partial charge on any atom is 0.182 e. The van der Waals surface area contributed by atoms with E-state index in [-0.39, 0.29) is 0 Å². The van der Waals surface area contributed by atoms with Gasteiger partial charge < -0.3 is 0 Å². The second kappa shape index (κ2) is 12.3. The van der Waals surface area contributed by atoms with Crippen molar-refractivity contribution in [3.8, 4) is 79.2 Å². The summed E-state index contributed by atoms with van der Waals surface area (Å²) in [6.07, 6.45) is 7.18. The van der Waals surface area contributed by atoms with Crippen LogP contribution in [0.3, 0.4) is 0 Å². The topological polar surface area (TPSA) is 90.2 Å². The quantitative estimate of drug-likeness (QED) is 0.176. The van der Waals surface area contributed by atoms with E-state index in [4.69, 9.17) is 24.9 Å². The molecule has 256 valence electrons. The summed E-state index contributed by atoms with van der Waals surface area (Å²) in [6.45, 7) is 0. The fourth-order valence-electron chi connectivity index (χ4n) is 8.39. The van der Waals surface area contributed by atoms with Crippen molar-refractivity contribution < 1.29 is 0 Å². The summed E-state index contributed by atoms with van der Waals surface area (Å²) in [6, 6.07) is 52.6. The third kappa shape index (κ3) is 4.80. The van der Waals surface area contributed by atoms with Crippen LogP contribution in [0.5, 0.6) is 0 Å². The molecule has 11 rings (SSSR count). The molecule has 0 fully saturated rings. The summed E-state index contributed by atoms with van der Waals surface area (Å²) >= 11 is 0. The maximum absolute atomic E-state index is 5.11. The van der Waals surface area contributed by atoms with Crippen LogP contribution in [0.15, 0.2) is 176 Å². The minimum Gasteiger partial charge on any atom is -0.256 e. The number of hydrogen-bond acceptors (Lipinski definition) is 7. The lowest BCUT2D eigenvalue weighted by atomic mass is 9.70. The molecule has 0 atom stereocenters. The number of rotatable bonds is 5. The summed E-state index contributed by atoms with van der Waals surface area (Å²) < 4.78 is 0. The minimum absolute atomic E-state index is 0.457. The van der Waals surface area contributed by atoms with Crippen LogP contribution in [0.4, 0.5) is 0 Å². The first-order valence-corrected chi connectivity index (χ1v) is 18.2. The van der Waals surface area contributed by atoms with Gasteiger partial charge in [-0.25, -0.2) is 15.0 Å². The van der Waals surface area contributed by atoms with Crippen LogP contribution in [0.25, 0.3) is 79.2 Å². The van der Waals surface area contributed by atoms with E-state index in [2.05, 4.69) is 101 Å². The van der Waals surface area contributed by atoms with Crippen LogP contribution in [-0.2, 0) is 5.41 Å². The Balaban J connectivity index is 1.10. The zero-order valence-electron chi connectivity index (χ0n) is 29.4. The van der Waals surface area contributed by atoms with Crippen LogP contribution < -0.4 is 0 Å². The summed E-state index contributed by atoms with van der Waals surface area (Å²) in [4.78, 5) is 33.8. The van der Waals surface area contributed by atoms with E-state index < -0.39 is 5.41 Å². The van der Waals surface area contributed by atoms with Crippen LogP contribution in [-0.4, -0.2) is 34.9 Å². The maximum atomic E-state index is 5.11. The molecule has 2 aliphatic carbocycles. The summed E-state index contributed by atoms with van der Waals surface area (Å²) in [7, 11) is 0. The van der Waals surface area contributed by atoms with E-state index in [9.17, 15) is 0 Å². The first-order valence-electron chi connectivity index (χ1n) is 18.2. The SMILES string of the molecule is c1ccc(-c2ccc(-c3nc(-c4ccc5c(c4)C4(c6ccccc6-c6ccccc64)c4ccccc4-5)nc(-c4ccc(-c5ccccn5)cn4)n3)nc2)nc1. The Morgan fingerprint density at radius 2 is 0.745 bits per heavy atom. The largest absolute Gasteiger partial charge is 0.256 e. The van der Waals surface area contributed by atoms with Crippen molar-refractivity contribution in [1.82, 2.24) is 34.9 Å². The highest BCUT2D eigenvalue weighted by Gasteiger charge is 2.51. The molecule has 0 amide bonds. The van der Waals surface area contributed by atoms with Crippen molar-refractivity contribution in [2.75, 3.05) is 0 Å². The molecule has 0 bridgehead atoms. The van der Waals surface area contributed by atoms with Gasteiger partial charge in [-0.1, -0.05) is 97.1 Å². The van der Waals surface area contributed by atoms with Gasteiger partial charge in [0, 0.05) is 41.5 Å². The molecule has 9 aromatic rings. The number of aromatic nitrogens is 7. The van der Waals surface area contributed by atoms with Gasteiger partial charge in [-0.05, 0) is 99.1 Å². The van der Waals surface area contributed by atoms with Crippen molar-refractivity contribution in [2.24, 2.45) is 0 Å². The number of pyridine rings is 4. The van der Waals surface area contributed by atoms with Gasteiger partial charge in [0.05, 0.1) is 16.8 Å². The average molecular weight is 704 g/mol. The van der Waals surface area contributed by atoms with E-state index in [0.717, 1.165) is 28.1 Å². The number of benzene rings is 4. The highest BCUT2D eigenvalue weighted by Crippen LogP contribution is 2.62. The van der Waals surface area contributed by atoms with Gasteiger partial charge in [-0.3, -0.25) is 19.9 Å². The first-order chi connectivity index (χ1) is 27.3. The Bertz CT molecular complexity index is 2740. The molecule has 1 spiro atoms. The van der Waals surface area contributed by atoms with Crippen molar-refractivity contribution in [3.63, 3.8) is 0 Å². The lowest BCUT2D eigenvalue weighted by molar-refractivity contribution is 0.794. The predicted octanol–water partition coefficient (Wildman–Crippen LogP) is 10.1. The van der Waals surface area contributed by atoms with Gasteiger partial charge >= 0.3 is 0 Å². The van der Waals surface area contributed by atoms with E-state index in [1.165, 1.54) is 44.5 Å². The highest BCUT2D eigenvalue weighted by molar-refractivity contribution is 5.95. The summed E-state index contributed by atoms with van der Waals surface area (Å²) in [5.74, 6) is 1.45. The Morgan fingerprint density at radius 3 is 1.20 bits per heavy atom. The Labute approximate surface area is 317 Å². The fourth-order valence-corrected chi connectivity index (χ4v) is 8.39. The van der Waals surface area contributed by atoms with Gasteiger partial charge in [0.15, 0.2) is 17.5 Å². The van der Waals surface area contributed by atoms with E-state index in [0.29, 0.717) is 28.9 Å². The molecule has 55 heavy (non-hydrogen) atoms. The zero-order chi connectivity index (χ0) is 36.3. The molecule has 0 saturated heterocycles. The van der Waals surface area contributed by atoms with Gasteiger partial charge in [-0.15, -0.1) is 0 Å². The normalized spacial score (nSPS) is 12.9. The molecule has 7 nitrogen and oxygen atoms in total. The third-order valence-electron chi connectivity index (χ3n) is 10.8. The lowest BCUT2D eigenvalue weighted by Crippen LogP contribution is -2.25. The molecular weight excluding hydrogens is 675 g/mol. The Hall–Kier alpha value is -7.51. The van der Waals surface area contributed by atoms with Gasteiger partial charge in [-0.2, -0.15) is 0 Å². The van der Waals surface area contributed by atoms with Crippen LogP contribution in [0.2, 0.25) is 0 Å². The molecule has 7 heteroatoms. The smallest absolute Gasteiger partial charge is 0.182 e. The number of fused-ring (bicyclic) bond motifs is 10. The number of nitrogens with zero attached hydrogens (tertiary/aromatic N) is 7. The van der Waals surface area contributed by atoms with Crippen LogP contribution >= 0.6 is 0 Å². The molecule has 0 radical (unpaired) electrons. The average Bonchev–Trinajstić information content (AvgIpc) is 3.74. The van der Waals surface area contributed by atoms with Crippen LogP contribution in [0.1, 0.15) is 22.3 Å². The highest BCUT2D eigenvalue weighted by atomic mass is 15.1. The van der Waals surface area contributed by atoms with E-state index >= 15 is 0 Å². The van der Waals surface area contributed by atoms with Gasteiger partial charge in [0.25, 0.3) is 0 Å². The molecule has 4 aromatic carbocycles. The zero-order valence-corrected chi connectivity index (χ0v) is 29.4. The van der Waals surface area contributed by atoms with Crippen LogP contribution in [0, 0.1) is 0 Å². The minimum atomic E-state index is -0.487. The molecule has 0 saturated carbocycles. The molecule has 0 unspecified atom stereocenters. The first kappa shape index (κ1) is 31.1. The molecule has 2 aliphatic rings. The standard InChI is InChI=1S/C48H29N7/c1-4-14-37-33(11-1)34-12-2-5-15-38(34)48(37)39-16-6-3-13-35(39)36-22-19-30(27-40(36)48)45-53-46(43-23-20-31(28-51-43)41-17-7-9-25-49-41)55-47(54-45)44-24-21-32(29-52-44)42-18-8-10-26-50-42/h1-29H. The Kier molecular flexibility index (Phi) is 6.94.